The zero-order valence-corrected chi connectivity index (χ0v) is 10.7. The topological polar surface area (TPSA) is 41.1 Å². The van der Waals surface area contributed by atoms with Crippen LogP contribution in [0.4, 0.5) is 0 Å². The summed E-state index contributed by atoms with van der Waals surface area (Å²) < 4.78 is 0. The van der Waals surface area contributed by atoms with Gasteiger partial charge in [0.2, 0.25) is 5.91 Å². The van der Waals surface area contributed by atoms with Crippen molar-refractivity contribution in [1.29, 1.82) is 0 Å². The van der Waals surface area contributed by atoms with Crippen molar-refractivity contribution >= 4 is 18.3 Å². The highest BCUT2D eigenvalue weighted by molar-refractivity contribution is 5.85. The quantitative estimate of drug-likeness (QED) is 0.776. The molecule has 0 aromatic heterocycles. The van der Waals surface area contributed by atoms with Crippen molar-refractivity contribution in [2.24, 2.45) is 11.8 Å². The maximum absolute atomic E-state index is 11.5. The molecule has 2 aliphatic rings. The molecule has 1 aliphatic heterocycles. The molecule has 0 atom stereocenters. The number of carbonyl (C=O) groups excluding carboxylic acids is 1. The molecule has 2 rings (SSSR count). The predicted octanol–water partition coefficient (Wildman–Crippen LogP) is 1.71. The van der Waals surface area contributed by atoms with Gasteiger partial charge < -0.3 is 10.6 Å². The van der Waals surface area contributed by atoms with Crippen LogP contribution in [0.25, 0.3) is 0 Å². The lowest BCUT2D eigenvalue weighted by atomic mass is 9.98. The van der Waals surface area contributed by atoms with Gasteiger partial charge in [0, 0.05) is 13.0 Å². The second-order valence-corrected chi connectivity index (χ2v) is 4.98. The van der Waals surface area contributed by atoms with Crippen molar-refractivity contribution in [3.05, 3.63) is 0 Å². The summed E-state index contributed by atoms with van der Waals surface area (Å²) in [6.45, 7) is 3.12. The van der Waals surface area contributed by atoms with Crippen molar-refractivity contribution < 1.29 is 4.79 Å². The number of carbonyl (C=O) groups is 1. The van der Waals surface area contributed by atoms with Crippen LogP contribution in [-0.2, 0) is 4.79 Å². The van der Waals surface area contributed by atoms with Gasteiger partial charge in [-0.15, -0.1) is 12.4 Å². The van der Waals surface area contributed by atoms with Crippen molar-refractivity contribution in [2.45, 2.75) is 38.5 Å². The van der Waals surface area contributed by atoms with Crippen LogP contribution in [0.5, 0.6) is 0 Å². The van der Waals surface area contributed by atoms with E-state index in [1.165, 1.54) is 25.7 Å². The maximum Gasteiger partial charge on any atom is 0.220 e. The molecule has 3 nitrogen and oxygen atoms in total. The number of amides is 1. The Morgan fingerprint density at radius 3 is 2.44 bits per heavy atom. The third-order valence-electron chi connectivity index (χ3n) is 3.52. The number of nitrogens with one attached hydrogen (secondary N) is 2. The second kappa shape index (κ2) is 7.13. The Hall–Kier alpha value is -0.280. The standard InChI is InChI=1S/C12H22N2O.ClH/c15-12(4-3-10-1-2-10)14-9-11-5-7-13-8-6-11;/h10-11,13H,1-9H2,(H,14,15);1H. The van der Waals surface area contributed by atoms with Crippen molar-refractivity contribution in [3.63, 3.8) is 0 Å². The summed E-state index contributed by atoms with van der Waals surface area (Å²) in [5.74, 6) is 1.84. The summed E-state index contributed by atoms with van der Waals surface area (Å²) in [5, 5.41) is 6.41. The molecule has 2 fully saturated rings. The molecule has 1 aliphatic carbocycles. The summed E-state index contributed by atoms with van der Waals surface area (Å²) in [6, 6.07) is 0. The van der Waals surface area contributed by atoms with E-state index >= 15 is 0 Å². The first kappa shape index (κ1) is 13.8. The molecule has 0 radical (unpaired) electrons. The van der Waals surface area contributed by atoms with Gasteiger partial charge in [-0.2, -0.15) is 0 Å². The Kier molecular flexibility index (Phi) is 6.14. The molecule has 1 saturated carbocycles. The van der Waals surface area contributed by atoms with E-state index < -0.39 is 0 Å². The fourth-order valence-electron chi connectivity index (χ4n) is 2.17. The van der Waals surface area contributed by atoms with Crippen molar-refractivity contribution in [3.8, 4) is 0 Å². The largest absolute Gasteiger partial charge is 0.356 e. The van der Waals surface area contributed by atoms with Gasteiger partial charge in [-0.25, -0.2) is 0 Å². The van der Waals surface area contributed by atoms with E-state index in [0.29, 0.717) is 5.92 Å². The van der Waals surface area contributed by atoms with Gasteiger partial charge in [0.1, 0.15) is 0 Å². The zero-order chi connectivity index (χ0) is 10.5. The van der Waals surface area contributed by atoms with E-state index in [-0.39, 0.29) is 18.3 Å². The first-order chi connectivity index (χ1) is 7.34. The van der Waals surface area contributed by atoms with Crippen LogP contribution >= 0.6 is 12.4 Å². The van der Waals surface area contributed by atoms with Crippen LogP contribution in [0.15, 0.2) is 0 Å². The van der Waals surface area contributed by atoms with Crippen molar-refractivity contribution in [1.82, 2.24) is 10.6 Å². The van der Waals surface area contributed by atoms with Gasteiger partial charge in [0.25, 0.3) is 0 Å². The van der Waals surface area contributed by atoms with Crippen molar-refractivity contribution in [2.75, 3.05) is 19.6 Å². The van der Waals surface area contributed by atoms with E-state index in [1.54, 1.807) is 0 Å². The molecule has 0 aromatic rings. The first-order valence-electron chi connectivity index (χ1n) is 6.32. The molecule has 1 heterocycles. The lowest BCUT2D eigenvalue weighted by Crippen LogP contribution is -2.35. The molecule has 0 unspecified atom stereocenters. The lowest BCUT2D eigenvalue weighted by Gasteiger charge is -2.22. The highest BCUT2D eigenvalue weighted by Gasteiger charge is 2.22. The van der Waals surface area contributed by atoms with Crippen LogP contribution in [-0.4, -0.2) is 25.5 Å². The first-order valence-corrected chi connectivity index (χ1v) is 6.32. The highest BCUT2D eigenvalue weighted by atomic mass is 35.5. The normalized spacial score (nSPS) is 21.2. The fraction of sp³-hybridized carbons (Fsp3) is 0.917. The lowest BCUT2D eigenvalue weighted by molar-refractivity contribution is -0.121. The van der Waals surface area contributed by atoms with Crippen LogP contribution in [0, 0.1) is 11.8 Å². The summed E-state index contributed by atoms with van der Waals surface area (Å²) in [6.07, 6.45) is 6.97. The van der Waals surface area contributed by atoms with Gasteiger partial charge in [-0.05, 0) is 44.2 Å². The molecule has 16 heavy (non-hydrogen) atoms. The van der Waals surface area contributed by atoms with E-state index in [9.17, 15) is 4.79 Å². The summed E-state index contributed by atoms with van der Waals surface area (Å²) in [5.41, 5.74) is 0. The average Bonchev–Trinajstić information content (AvgIpc) is 3.09. The number of halogens is 1. The second-order valence-electron chi connectivity index (χ2n) is 4.98. The van der Waals surface area contributed by atoms with Gasteiger partial charge in [-0.1, -0.05) is 12.8 Å². The van der Waals surface area contributed by atoms with Crippen LogP contribution < -0.4 is 10.6 Å². The monoisotopic (exact) mass is 246 g/mol. The molecular weight excluding hydrogens is 224 g/mol. The third-order valence-corrected chi connectivity index (χ3v) is 3.52. The molecular formula is C12H23ClN2O. The predicted molar refractivity (Wildman–Crippen MR) is 67.8 cm³/mol. The molecule has 1 amide bonds. The van der Waals surface area contributed by atoms with E-state index in [1.807, 2.05) is 0 Å². The van der Waals surface area contributed by atoms with Gasteiger partial charge in [-0.3, -0.25) is 4.79 Å². The summed E-state index contributed by atoms with van der Waals surface area (Å²) in [7, 11) is 0. The van der Waals surface area contributed by atoms with Crippen LogP contribution in [0.2, 0.25) is 0 Å². The molecule has 0 bridgehead atoms. The number of hydrogen-bond acceptors (Lipinski definition) is 2. The zero-order valence-electron chi connectivity index (χ0n) is 9.84. The number of piperidine rings is 1. The minimum absolute atomic E-state index is 0. The van der Waals surface area contributed by atoms with E-state index in [0.717, 1.165) is 38.4 Å². The van der Waals surface area contributed by atoms with E-state index in [2.05, 4.69) is 10.6 Å². The molecule has 2 N–H and O–H groups in total. The number of hydrogen-bond donors (Lipinski definition) is 2. The Balaban J connectivity index is 0.00000128. The Labute approximate surface area is 104 Å². The molecule has 4 heteroatoms. The average molecular weight is 247 g/mol. The minimum Gasteiger partial charge on any atom is -0.356 e. The van der Waals surface area contributed by atoms with Gasteiger partial charge in [0.05, 0.1) is 0 Å². The van der Waals surface area contributed by atoms with Gasteiger partial charge in [0.15, 0.2) is 0 Å². The van der Waals surface area contributed by atoms with Gasteiger partial charge >= 0.3 is 0 Å². The Morgan fingerprint density at radius 2 is 1.81 bits per heavy atom. The molecule has 0 spiro atoms. The Morgan fingerprint density at radius 1 is 1.12 bits per heavy atom. The molecule has 94 valence electrons. The Bertz CT molecular complexity index is 213. The maximum atomic E-state index is 11.5. The van der Waals surface area contributed by atoms with E-state index in [4.69, 9.17) is 0 Å². The third kappa shape index (κ3) is 5.17. The fourth-order valence-corrected chi connectivity index (χ4v) is 2.17. The minimum atomic E-state index is 0. The van der Waals surface area contributed by atoms with Crippen LogP contribution in [0.1, 0.15) is 38.5 Å². The summed E-state index contributed by atoms with van der Waals surface area (Å²) in [4.78, 5) is 11.5. The highest BCUT2D eigenvalue weighted by Crippen LogP contribution is 2.33. The smallest absolute Gasteiger partial charge is 0.220 e. The summed E-state index contributed by atoms with van der Waals surface area (Å²) >= 11 is 0. The molecule has 1 saturated heterocycles. The number of rotatable bonds is 5. The SMILES string of the molecule is Cl.O=C(CCC1CC1)NCC1CCNCC1. The van der Waals surface area contributed by atoms with Crippen LogP contribution in [0.3, 0.4) is 0 Å². The molecule has 0 aromatic carbocycles.